The molecule has 0 heterocycles. The number of aliphatic hydroxyl groups excluding tert-OH is 1. The first-order chi connectivity index (χ1) is 6.68. The van der Waals surface area contributed by atoms with Crippen LogP contribution in [0.3, 0.4) is 0 Å². The lowest BCUT2D eigenvalue weighted by Crippen LogP contribution is -2.37. The molecule has 3 heteroatoms. The van der Waals surface area contributed by atoms with Gasteiger partial charge >= 0.3 is 0 Å². The average Bonchev–Trinajstić information content (AvgIpc) is 2.10. The third kappa shape index (κ3) is 1.60. The molecule has 0 aliphatic heterocycles. The Morgan fingerprint density at radius 1 is 1.43 bits per heavy atom. The van der Waals surface area contributed by atoms with Gasteiger partial charge in [-0.1, -0.05) is 24.1 Å². The van der Waals surface area contributed by atoms with Gasteiger partial charge in [-0.25, -0.2) is 0 Å². The summed E-state index contributed by atoms with van der Waals surface area (Å²) in [5, 5.41) is 10.1. The van der Waals surface area contributed by atoms with E-state index in [2.05, 4.69) is 15.9 Å². The second-order valence-electron chi connectivity index (χ2n) is 3.92. The summed E-state index contributed by atoms with van der Waals surface area (Å²) in [5.74, 6) is 0. The number of hydrogen-bond acceptors (Lipinski definition) is 1. The van der Waals surface area contributed by atoms with E-state index in [1.807, 2.05) is 18.2 Å². The van der Waals surface area contributed by atoms with Crippen LogP contribution in [0.15, 0.2) is 22.7 Å². The van der Waals surface area contributed by atoms with Crippen LogP contribution >= 0.6 is 27.5 Å². The van der Waals surface area contributed by atoms with Crippen LogP contribution in [0.5, 0.6) is 0 Å². The third-order valence-electron chi connectivity index (χ3n) is 3.15. The van der Waals surface area contributed by atoms with Crippen molar-refractivity contribution in [2.24, 2.45) is 0 Å². The van der Waals surface area contributed by atoms with Crippen molar-refractivity contribution >= 4 is 27.5 Å². The van der Waals surface area contributed by atoms with Gasteiger partial charge in [-0.05, 0) is 46.5 Å². The first kappa shape index (κ1) is 10.5. The van der Waals surface area contributed by atoms with Gasteiger partial charge in [0.2, 0.25) is 0 Å². The zero-order valence-electron chi connectivity index (χ0n) is 7.76. The fourth-order valence-corrected chi connectivity index (χ4v) is 2.46. The third-order valence-corrected chi connectivity index (χ3v) is 4.36. The van der Waals surface area contributed by atoms with Crippen LogP contribution in [0.1, 0.15) is 24.8 Å². The smallest absolute Gasteiger partial charge is 0.0548 e. The SMILES string of the molecule is OCC1(c2ccc(Cl)c(Br)c2)CCC1. The van der Waals surface area contributed by atoms with Crippen molar-refractivity contribution in [3.05, 3.63) is 33.3 Å². The Balaban J connectivity index is 2.36. The van der Waals surface area contributed by atoms with Crippen molar-refractivity contribution < 1.29 is 5.11 Å². The minimum Gasteiger partial charge on any atom is -0.395 e. The lowest BCUT2D eigenvalue weighted by atomic mass is 9.65. The van der Waals surface area contributed by atoms with Gasteiger partial charge in [-0.2, -0.15) is 0 Å². The van der Waals surface area contributed by atoms with E-state index in [1.165, 1.54) is 12.0 Å². The van der Waals surface area contributed by atoms with E-state index in [9.17, 15) is 5.11 Å². The molecule has 1 aromatic carbocycles. The van der Waals surface area contributed by atoms with Gasteiger partial charge in [0.15, 0.2) is 0 Å². The maximum atomic E-state index is 9.40. The summed E-state index contributed by atoms with van der Waals surface area (Å²) in [6.07, 6.45) is 3.37. The van der Waals surface area contributed by atoms with E-state index >= 15 is 0 Å². The quantitative estimate of drug-likeness (QED) is 0.875. The lowest BCUT2D eigenvalue weighted by molar-refractivity contribution is 0.120. The first-order valence-electron chi connectivity index (χ1n) is 4.74. The van der Waals surface area contributed by atoms with Gasteiger partial charge in [-0.15, -0.1) is 0 Å². The van der Waals surface area contributed by atoms with E-state index < -0.39 is 0 Å². The molecule has 1 N–H and O–H groups in total. The standard InChI is InChI=1S/C11H12BrClO/c12-9-6-8(2-3-10(9)13)11(7-14)4-1-5-11/h2-3,6,14H,1,4-5,7H2. The summed E-state index contributed by atoms with van der Waals surface area (Å²) in [6, 6.07) is 5.93. The number of aliphatic hydroxyl groups is 1. The van der Waals surface area contributed by atoms with Crippen molar-refractivity contribution in [2.75, 3.05) is 6.61 Å². The molecule has 1 fully saturated rings. The second-order valence-corrected chi connectivity index (χ2v) is 5.18. The molecule has 0 amide bonds. The molecular formula is C11H12BrClO. The molecule has 0 saturated heterocycles. The molecular weight excluding hydrogens is 263 g/mol. The Morgan fingerprint density at radius 2 is 2.14 bits per heavy atom. The van der Waals surface area contributed by atoms with Crippen LogP contribution in [0.2, 0.25) is 5.02 Å². The molecule has 0 atom stereocenters. The Labute approximate surface area is 97.2 Å². The van der Waals surface area contributed by atoms with Gasteiger partial charge in [0, 0.05) is 9.89 Å². The van der Waals surface area contributed by atoms with Gasteiger partial charge < -0.3 is 5.11 Å². The zero-order chi connectivity index (χ0) is 10.2. The fourth-order valence-electron chi connectivity index (χ4n) is 1.97. The van der Waals surface area contributed by atoms with Crippen molar-refractivity contribution in [1.29, 1.82) is 0 Å². The van der Waals surface area contributed by atoms with Crippen LogP contribution in [0, 0.1) is 0 Å². The Hall–Kier alpha value is -0.0500. The van der Waals surface area contributed by atoms with Crippen LogP contribution < -0.4 is 0 Å². The first-order valence-corrected chi connectivity index (χ1v) is 5.91. The van der Waals surface area contributed by atoms with Crippen molar-refractivity contribution in [1.82, 2.24) is 0 Å². The minimum atomic E-state index is 0.00705. The highest BCUT2D eigenvalue weighted by molar-refractivity contribution is 9.10. The average molecular weight is 276 g/mol. The van der Waals surface area contributed by atoms with E-state index in [0.29, 0.717) is 0 Å². The van der Waals surface area contributed by atoms with Gasteiger partial charge in [0.25, 0.3) is 0 Å². The predicted molar refractivity (Wildman–Crippen MR) is 61.8 cm³/mol. The van der Waals surface area contributed by atoms with Crippen LogP contribution in [0.4, 0.5) is 0 Å². The Morgan fingerprint density at radius 3 is 2.57 bits per heavy atom. The molecule has 0 radical (unpaired) electrons. The maximum Gasteiger partial charge on any atom is 0.0548 e. The lowest BCUT2D eigenvalue weighted by Gasteiger charge is -2.41. The maximum absolute atomic E-state index is 9.40. The molecule has 1 saturated carbocycles. The minimum absolute atomic E-state index is 0.00705. The molecule has 2 rings (SSSR count). The highest BCUT2D eigenvalue weighted by atomic mass is 79.9. The van der Waals surface area contributed by atoms with Crippen LogP contribution in [-0.2, 0) is 5.41 Å². The zero-order valence-corrected chi connectivity index (χ0v) is 10.1. The summed E-state index contributed by atoms with van der Waals surface area (Å²) >= 11 is 9.33. The van der Waals surface area contributed by atoms with Crippen molar-refractivity contribution in [3.8, 4) is 0 Å². The summed E-state index contributed by atoms with van der Waals surface area (Å²) in [6.45, 7) is 0.237. The van der Waals surface area contributed by atoms with Gasteiger partial charge in [0.1, 0.15) is 0 Å². The summed E-state index contributed by atoms with van der Waals surface area (Å²) in [5.41, 5.74) is 1.20. The molecule has 1 nitrogen and oxygen atoms in total. The molecule has 1 aliphatic rings. The monoisotopic (exact) mass is 274 g/mol. The summed E-state index contributed by atoms with van der Waals surface area (Å²) < 4.78 is 0.913. The van der Waals surface area contributed by atoms with Crippen molar-refractivity contribution in [3.63, 3.8) is 0 Å². The van der Waals surface area contributed by atoms with Gasteiger partial charge in [-0.3, -0.25) is 0 Å². The normalized spacial score (nSPS) is 19.1. The molecule has 1 aromatic rings. The number of hydrogen-bond donors (Lipinski definition) is 1. The van der Waals surface area contributed by atoms with Crippen LogP contribution in [0.25, 0.3) is 0 Å². The van der Waals surface area contributed by atoms with Crippen LogP contribution in [-0.4, -0.2) is 11.7 Å². The molecule has 0 unspecified atom stereocenters. The highest BCUT2D eigenvalue weighted by Gasteiger charge is 2.38. The Kier molecular flexibility index (Phi) is 2.87. The van der Waals surface area contributed by atoms with E-state index in [4.69, 9.17) is 11.6 Å². The summed E-state index contributed by atoms with van der Waals surface area (Å²) in [7, 11) is 0. The summed E-state index contributed by atoms with van der Waals surface area (Å²) in [4.78, 5) is 0. The number of benzene rings is 1. The van der Waals surface area contributed by atoms with Crippen molar-refractivity contribution in [2.45, 2.75) is 24.7 Å². The molecule has 0 spiro atoms. The molecule has 0 bridgehead atoms. The second kappa shape index (κ2) is 3.84. The molecule has 1 aliphatic carbocycles. The number of halogens is 2. The molecule has 0 aromatic heterocycles. The molecule has 14 heavy (non-hydrogen) atoms. The Bertz CT molecular complexity index is 342. The van der Waals surface area contributed by atoms with E-state index in [0.717, 1.165) is 22.3 Å². The largest absolute Gasteiger partial charge is 0.395 e. The van der Waals surface area contributed by atoms with E-state index in [1.54, 1.807) is 0 Å². The predicted octanol–water partition coefficient (Wildman–Crippen LogP) is 3.52. The van der Waals surface area contributed by atoms with E-state index in [-0.39, 0.29) is 12.0 Å². The highest BCUT2D eigenvalue weighted by Crippen LogP contribution is 2.44. The topological polar surface area (TPSA) is 20.2 Å². The fraction of sp³-hybridized carbons (Fsp3) is 0.455. The van der Waals surface area contributed by atoms with Gasteiger partial charge in [0.05, 0.1) is 11.6 Å². The number of rotatable bonds is 2. The molecule has 76 valence electrons.